The number of carbonyl (C=O) groups is 3. The summed E-state index contributed by atoms with van der Waals surface area (Å²) in [6.45, 7) is 0. The molecule has 0 aromatic carbocycles. The number of carbonyl (C=O) groups excluding carboxylic acids is 2. The van der Waals surface area contributed by atoms with E-state index < -0.39 is 28.9 Å². The lowest BCUT2D eigenvalue weighted by Gasteiger charge is -2.28. The number of carboxylic acid groups (broad SMARTS) is 1. The Bertz CT molecular complexity index is 421. The molecule has 1 heterocycles. The molecule has 3 fully saturated rings. The van der Waals surface area contributed by atoms with Crippen LogP contribution in [0.4, 0.5) is 4.79 Å². The third-order valence-electron chi connectivity index (χ3n) is 4.34. The minimum atomic E-state index is -0.951. The van der Waals surface area contributed by atoms with Crippen molar-refractivity contribution in [3.05, 3.63) is 0 Å². The van der Waals surface area contributed by atoms with Crippen LogP contribution in [0.15, 0.2) is 0 Å². The number of fused-ring (bicyclic) bond motifs is 1. The molecule has 6 heteroatoms. The molecule has 0 aromatic rings. The van der Waals surface area contributed by atoms with E-state index in [1.165, 1.54) is 0 Å². The Balaban J connectivity index is 2.00. The highest BCUT2D eigenvalue weighted by Crippen LogP contribution is 2.68. The lowest BCUT2D eigenvalue weighted by molar-refractivity contribution is -0.140. The number of hydrogen-bond acceptors (Lipinski definition) is 3. The molecule has 2 saturated carbocycles. The zero-order chi connectivity index (χ0) is 11.6. The van der Waals surface area contributed by atoms with E-state index in [4.69, 9.17) is 5.11 Å². The average Bonchev–Trinajstić information content (AvgIpc) is 2.71. The largest absolute Gasteiger partial charge is 0.481 e. The maximum Gasteiger partial charge on any atom is 0.322 e. The first-order valence-electron chi connectivity index (χ1n) is 5.38. The van der Waals surface area contributed by atoms with Crippen LogP contribution in [0, 0.1) is 11.3 Å². The summed E-state index contributed by atoms with van der Waals surface area (Å²) in [6, 6.07) is -0.498. The van der Waals surface area contributed by atoms with Gasteiger partial charge in [-0.2, -0.15) is 0 Å². The highest BCUT2D eigenvalue weighted by molar-refractivity contribution is 6.08. The lowest BCUT2D eigenvalue weighted by Crippen LogP contribution is -2.52. The SMILES string of the molecule is O=C1NC(=O)[C@]2(CCCC23CC3C(=O)O)N1. The standard InChI is InChI=1S/C10H12N2O4/c13-6(14)5-4-9(5)2-1-3-10(9)7(15)11-8(16)12-10/h5H,1-4H2,(H,13,14)(H2,11,12,15,16)/t5?,9?,10-/m0/s1. The van der Waals surface area contributed by atoms with Crippen LogP contribution in [0.5, 0.6) is 0 Å². The van der Waals surface area contributed by atoms with Gasteiger partial charge in [-0.15, -0.1) is 0 Å². The molecular formula is C10H12N2O4. The van der Waals surface area contributed by atoms with E-state index >= 15 is 0 Å². The second-order valence-electron chi connectivity index (χ2n) is 4.92. The van der Waals surface area contributed by atoms with Crippen LogP contribution in [-0.4, -0.2) is 28.6 Å². The molecule has 3 rings (SSSR count). The van der Waals surface area contributed by atoms with E-state index in [0.29, 0.717) is 19.3 Å². The Morgan fingerprint density at radius 2 is 2.12 bits per heavy atom. The predicted octanol–water partition coefficient (Wildman–Crippen LogP) is -0.161. The summed E-state index contributed by atoms with van der Waals surface area (Å²) in [4.78, 5) is 34.1. The fourth-order valence-electron chi connectivity index (χ4n) is 3.53. The molecule has 86 valence electrons. The fraction of sp³-hybridized carbons (Fsp3) is 0.700. The number of amides is 3. The van der Waals surface area contributed by atoms with Gasteiger partial charge in [-0.25, -0.2) is 4.79 Å². The van der Waals surface area contributed by atoms with Gasteiger partial charge in [0.1, 0.15) is 5.54 Å². The summed E-state index contributed by atoms with van der Waals surface area (Å²) in [5.74, 6) is -1.70. The normalized spacial score (nSPS) is 44.9. The molecule has 6 nitrogen and oxygen atoms in total. The zero-order valence-electron chi connectivity index (χ0n) is 8.58. The molecule has 0 aromatic heterocycles. The number of urea groups is 1. The zero-order valence-corrected chi connectivity index (χ0v) is 8.58. The molecule has 1 saturated heterocycles. The third kappa shape index (κ3) is 0.857. The van der Waals surface area contributed by atoms with Crippen molar-refractivity contribution in [1.29, 1.82) is 0 Å². The van der Waals surface area contributed by atoms with E-state index in [-0.39, 0.29) is 5.91 Å². The summed E-state index contributed by atoms with van der Waals surface area (Å²) < 4.78 is 0. The summed E-state index contributed by atoms with van der Waals surface area (Å²) in [7, 11) is 0. The number of nitrogens with one attached hydrogen (secondary N) is 2. The smallest absolute Gasteiger partial charge is 0.322 e. The van der Waals surface area contributed by atoms with Crippen LogP contribution in [0.2, 0.25) is 0 Å². The van der Waals surface area contributed by atoms with Crippen molar-refractivity contribution in [2.45, 2.75) is 31.2 Å². The van der Waals surface area contributed by atoms with Gasteiger partial charge in [0.25, 0.3) is 5.91 Å². The highest BCUT2D eigenvalue weighted by atomic mass is 16.4. The second kappa shape index (κ2) is 2.56. The molecule has 1 aliphatic heterocycles. The van der Waals surface area contributed by atoms with Crippen molar-refractivity contribution < 1.29 is 19.5 Å². The van der Waals surface area contributed by atoms with Crippen LogP contribution in [-0.2, 0) is 9.59 Å². The number of aliphatic carboxylic acids is 1. The molecule has 2 aliphatic carbocycles. The van der Waals surface area contributed by atoms with Crippen molar-refractivity contribution >= 4 is 17.9 Å². The summed E-state index contributed by atoms with van der Waals surface area (Å²) in [6.07, 6.45) is 2.54. The van der Waals surface area contributed by atoms with Crippen molar-refractivity contribution in [1.82, 2.24) is 10.6 Å². The van der Waals surface area contributed by atoms with Gasteiger partial charge in [0, 0.05) is 5.41 Å². The maximum atomic E-state index is 11.8. The average molecular weight is 224 g/mol. The van der Waals surface area contributed by atoms with Gasteiger partial charge in [-0.1, -0.05) is 0 Å². The van der Waals surface area contributed by atoms with Gasteiger partial charge in [0.15, 0.2) is 0 Å². The fourth-order valence-corrected chi connectivity index (χ4v) is 3.53. The Hall–Kier alpha value is -1.59. The van der Waals surface area contributed by atoms with Gasteiger partial charge in [0.05, 0.1) is 5.92 Å². The Kier molecular flexibility index (Phi) is 1.54. The third-order valence-corrected chi connectivity index (χ3v) is 4.34. The van der Waals surface area contributed by atoms with E-state index in [1.807, 2.05) is 0 Å². The molecule has 0 bridgehead atoms. The topological polar surface area (TPSA) is 95.5 Å². The van der Waals surface area contributed by atoms with E-state index in [1.54, 1.807) is 0 Å². The van der Waals surface area contributed by atoms with Gasteiger partial charge in [-0.3, -0.25) is 14.9 Å². The second-order valence-corrected chi connectivity index (χ2v) is 4.92. The Morgan fingerprint density at radius 1 is 1.38 bits per heavy atom. The summed E-state index contributed by atoms with van der Waals surface area (Å²) >= 11 is 0. The minimum Gasteiger partial charge on any atom is -0.481 e. The monoisotopic (exact) mass is 224 g/mol. The van der Waals surface area contributed by atoms with Crippen molar-refractivity contribution in [3.8, 4) is 0 Å². The molecule has 2 spiro atoms. The summed E-state index contributed by atoms with van der Waals surface area (Å²) in [5, 5.41) is 13.9. The van der Waals surface area contributed by atoms with Gasteiger partial charge in [0.2, 0.25) is 0 Å². The molecule has 3 amide bonds. The van der Waals surface area contributed by atoms with Gasteiger partial charge in [-0.05, 0) is 25.7 Å². The molecule has 16 heavy (non-hydrogen) atoms. The lowest BCUT2D eigenvalue weighted by atomic mass is 9.82. The number of rotatable bonds is 1. The number of carboxylic acids is 1. The Labute approximate surface area is 91.4 Å². The molecule has 3 N–H and O–H groups in total. The molecular weight excluding hydrogens is 212 g/mol. The molecule has 3 atom stereocenters. The van der Waals surface area contributed by atoms with E-state index in [9.17, 15) is 14.4 Å². The minimum absolute atomic E-state index is 0.348. The van der Waals surface area contributed by atoms with E-state index in [0.717, 1.165) is 6.42 Å². The van der Waals surface area contributed by atoms with Crippen molar-refractivity contribution in [2.75, 3.05) is 0 Å². The number of hydrogen-bond donors (Lipinski definition) is 3. The van der Waals surface area contributed by atoms with Gasteiger partial charge < -0.3 is 10.4 Å². The number of imide groups is 1. The molecule has 2 unspecified atom stereocenters. The first kappa shape index (κ1) is 9.62. The molecule has 3 aliphatic rings. The first-order chi connectivity index (χ1) is 7.52. The predicted molar refractivity (Wildman–Crippen MR) is 51.4 cm³/mol. The van der Waals surface area contributed by atoms with E-state index in [2.05, 4.69) is 10.6 Å². The first-order valence-corrected chi connectivity index (χ1v) is 5.38. The highest BCUT2D eigenvalue weighted by Gasteiger charge is 2.75. The van der Waals surface area contributed by atoms with Crippen LogP contribution in [0.1, 0.15) is 25.7 Å². The van der Waals surface area contributed by atoms with Crippen molar-refractivity contribution in [3.63, 3.8) is 0 Å². The van der Waals surface area contributed by atoms with Crippen molar-refractivity contribution in [2.24, 2.45) is 11.3 Å². The van der Waals surface area contributed by atoms with Crippen LogP contribution < -0.4 is 10.6 Å². The van der Waals surface area contributed by atoms with Gasteiger partial charge >= 0.3 is 12.0 Å². The Morgan fingerprint density at radius 3 is 2.62 bits per heavy atom. The van der Waals surface area contributed by atoms with Crippen LogP contribution in [0.25, 0.3) is 0 Å². The summed E-state index contributed by atoms with van der Waals surface area (Å²) in [5.41, 5.74) is -1.48. The molecule has 0 radical (unpaired) electrons. The quantitative estimate of drug-likeness (QED) is 0.539. The van der Waals surface area contributed by atoms with Crippen LogP contribution in [0.3, 0.4) is 0 Å². The van der Waals surface area contributed by atoms with Crippen LogP contribution >= 0.6 is 0 Å². The maximum absolute atomic E-state index is 11.8.